The second-order valence-corrected chi connectivity index (χ2v) is 2.10. The summed E-state index contributed by atoms with van der Waals surface area (Å²) in [5, 5.41) is 0. The van der Waals surface area contributed by atoms with Gasteiger partial charge in [-0.2, -0.15) is 0 Å². The third-order valence-corrected chi connectivity index (χ3v) is 1.41. The maximum absolute atomic E-state index is 10.5. The van der Waals surface area contributed by atoms with Crippen LogP contribution in [0.2, 0.25) is 0 Å². The normalized spacial score (nSPS) is 19.8. The van der Waals surface area contributed by atoms with Gasteiger partial charge in [-0.3, -0.25) is 4.79 Å². The molecule has 0 aromatic heterocycles. The van der Waals surface area contributed by atoms with Crippen molar-refractivity contribution in [2.75, 3.05) is 0 Å². The van der Waals surface area contributed by atoms with E-state index in [1.165, 1.54) is 6.42 Å². The first-order valence-electron chi connectivity index (χ1n) is 2.91. The van der Waals surface area contributed by atoms with Gasteiger partial charge in [0, 0.05) is 20.3 Å². The van der Waals surface area contributed by atoms with Gasteiger partial charge < -0.3 is 0 Å². The largest absolute Gasteiger partial charge is 0.300 e. The lowest BCUT2D eigenvalue weighted by molar-refractivity contribution is -0.120. The van der Waals surface area contributed by atoms with Gasteiger partial charge >= 0.3 is 0 Å². The van der Waals surface area contributed by atoms with Gasteiger partial charge in [0.2, 0.25) is 0 Å². The maximum Gasteiger partial charge on any atom is 0.132 e. The van der Waals surface area contributed by atoms with Crippen molar-refractivity contribution >= 4 is 5.78 Å². The zero-order valence-corrected chi connectivity index (χ0v) is 4.94. The molecule has 1 fully saturated rings. The summed E-state index contributed by atoms with van der Waals surface area (Å²) in [6.07, 6.45) is 5.24. The smallest absolute Gasteiger partial charge is 0.132 e. The van der Waals surface area contributed by atoms with Gasteiger partial charge in [-0.1, -0.05) is 6.42 Å². The summed E-state index contributed by atoms with van der Waals surface area (Å²) in [4.78, 5) is 10.5. The van der Waals surface area contributed by atoms with Crippen LogP contribution in [0.1, 0.15) is 32.1 Å². The lowest BCUT2D eigenvalue weighted by Gasteiger charge is -2.05. The van der Waals surface area contributed by atoms with E-state index in [2.05, 4.69) is 0 Å². The molecule has 8 heavy (non-hydrogen) atoms. The van der Waals surface area contributed by atoms with Gasteiger partial charge in [0.05, 0.1) is 0 Å². The molecule has 0 atom stereocenters. The van der Waals surface area contributed by atoms with E-state index in [4.69, 9.17) is 0 Å². The van der Waals surface area contributed by atoms with Gasteiger partial charge in [-0.05, 0) is 12.8 Å². The Balaban J connectivity index is 0.000000490. The zero-order valence-electron chi connectivity index (χ0n) is 4.94. The highest BCUT2D eigenvalue weighted by Gasteiger charge is 2.05. The Morgan fingerprint density at radius 2 is 1.50 bits per heavy atom. The van der Waals surface area contributed by atoms with Gasteiger partial charge in [0.1, 0.15) is 5.78 Å². The standard InChI is InChI=1S/C6H10O.C/c7-6-4-2-1-3-5-6;/h1-5H2;. The molecule has 1 aliphatic carbocycles. The minimum Gasteiger partial charge on any atom is -0.300 e. The highest BCUT2D eigenvalue weighted by atomic mass is 16.1. The first-order chi connectivity index (χ1) is 3.39. The van der Waals surface area contributed by atoms with Crippen LogP contribution in [0.5, 0.6) is 0 Å². The SMILES string of the molecule is O=C1CCCCC1.[C]. The van der Waals surface area contributed by atoms with E-state index in [-0.39, 0.29) is 7.43 Å². The minimum absolute atomic E-state index is 0. The van der Waals surface area contributed by atoms with Crippen LogP contribution in [-0.2, 0) is 4.79 Å². The monoisotopic (exact) mass is 110 g/mol. The third-order valence-electron chi connectivity index (χ3n) is 1.41. The molecule has 0 aromatic carbocycles. The number of ketones is 1. The van der Waals surface area contributed by atoms with Gasteiger partial charge in [-0.25, -0.2) is 0 Å². The van der Waals surface area contributed by atoms with Crippen molar-refractivity contribution in [2.24, 2.45) is 0 Å². The summed E-state index contributed by atoms with van der Waals surface area (Å²) < 4.78 is 0. The second kappa shape index (κ2) is 3.65. The second-order valence-electron chi connectivity index (χ2n) is 2.10. The lowest BCUT2D eigenvalue weighted by atomic mass is 10.00. The van der Waals surface area contributed by atoms with E-state index in [1.807, 2.05) is 0 Å². The van der Waals surface area contributed by atoms with Crippen molar-refractivity contribution in [3.05, 3.63) is 7.43 Å². The van der Waals surface area contributed by atoms with E-state index < -0.39 is 0 Å². The summed E-state index contributed by atoms with van der Waals surface area (Å²) >= 11 is 0. The van der Waals surface area contributed by atoms with Crippen molar-refractivity contribution in [1.29, 1.82) is 0 Å². The van der Waals surface area contributed by atoms with Crippen molar-refractivity contribution < 1.29 is 4.79 Å². The van der Waals surface area contributed by atoms with Crippen LogP contribution >= 0.6 is 0 Å². The molecule has 1 rings (SSSR count). The van der Waals surface area contributed by atoms with Crippen LogP contribution in [0, 0.1) is 7.43 Å². The Hall–Kier alpha value is -0.330. The molecular weight excluding hydrogens is 100 g/mol. The van der Waals surface area contributed by atoms with E-state index in [1.54, 1.807) is 0 Å². The van der Waals surface area contributed by atoms with Gasteiger partial charge in [-0.15, -0.1) is 0 Å². The summed E-state index contributed by atoms with van der Waals surface area (Å²) in [5.74, 6) is 0.464. The summed E-state index contributed by atoms with van der Waals surface area (Å²) in [7, 11) is 0. The van der Waals surface area contributed by atoms with Gasteiger partial charge in [0.25, 0.3) is 0 Å². The van der Waals surface area contributed by atoms with Crippen molar-refractivity contribution in [3.63, 3.8) is 0 Å². The fourth-order valence-corrected chi connectivity index (χ4v) is 0.946. The first-order valence-corrected chi connectivity index (χ1v) is 2.91. The van der Waals surface area contributed by atoms with Crippen LogP contribution in [0.25, 0.3) is 0 Å². The Labute approximate surface area is 51.1 Å². The topological polar surface area (TPSA) is 17.1 Å². The van der Waals surface area contributed by atoms with Crippen LogP contribution in [0.3, 0.4) is 0 Å². The zero-order chi connectivity index (χ0) is 5.11. The summed E-state index contributed by atoms with van der Waals surface area (Å²) in [6, 6.07) is 0. The summed E-state index contributed by atoms with van der Waals surface area (Å²) in [5.41, 5.74) is 0. The molecule has 0 N–H and O–H groups in total. The average Bonchev–Trinajstić information content (AvgIpc) is 1.69. The Bertz CT molecular complexity index is 68.5. The number of rotatable bonds is 0. The number of hydrogen-bond acceptors (Lipinski definition) is 1. The molecule has 0 aliphatic heterocycles. The molecule has 0 aromatic rings. The van der Waals surface area contributed by atoms with Crippen LogP contribution in [0.15, 0.2) is 0 Å². The maximum atomic E-state index is 10.5. The van der Waals surface area contributed by atoms with E-state index >= 15 is 0 Å². The molecule has 1 heteroatoms. The first kappa shape index (κ1) is 7.67. The third kappa shape index (κ3) is 2.10. The van der Waals surface area contributed by atoms with Crippen LogP contribution in [0.4, 0.5) is 0 Å². The fraction of sp³-hybridized carbons (Fsp3) is 0.714. The van der Waals surface area contributed by atoms with Crippen molar-refractivity contribution in [2.45, 2.75) is 32.1 Å². The molecular formula is C7H10O. The Kier molecular flexibility index (Phi) is 3.49. The molecule has 0 unspecified atom stereocenters. The molecule has 0 amide bonds. The molecule has 1 saturated carbocycles. The highest BCUT2D eigenvalue weighted by molar-refractivity contribution is 5.78. The molecule has 0 heterocycles. The number of carbonyl (C=O) groups is 1. The van der Waals surface area contributed by atoms with E-state index in [0.29, 0.717) is 5.78 Å². The molecule has 4 radical (unpaired) electrons. The quantitative estimate of drug-likeness (QED) is 0.463. The number of Topliss-reactive ketones (excluding diaryl/α,β-unsaturated/α-hetero) is 1. The molecule has 0 saturated heterocycles. The molecule has 1 aliphatic rings. The van der Waals surface area contributed by atoms with Crippen molar-refractivity contribution in [1.82, 2.24) is 0 Å². The lowest BCUT2D eigenvalue weighted by Crippen LogP contribution is -2.02. The van der Waals surface area contributed by atoms with Crippen molar-refractivity contribution in [3.8, 4) is 0 Å². The Morgan fingerprint density at radius 3 is 1.75 bits per heavy atom. The fourth-order valence-electron chi connectivity index (χ4n) is 0.946. The van der Waals surface area contributed by atoms with E-state index in [9.17, 15) is 4.79 Å². The average molecular weight is 110 g/mol. The number of carbonyl (C=O) groups excluding carboxylic acids is 1. The Morgan fingerprint density at radius 1 is 1.00 bits per heavy atom. The molecule has 44 valence electrons. The van der Waals surface area contributed by atoms with Crippen LogP contribution in [-0.4, -0.2) is 5.78 Å². The molecule has 0 spiro atoms. The van der Waals surface area contributed by atoms with Crippen LogP contribution < -0.4 is 0 Å². The predicted molar refractivity (Wildman–Crippen MR) is 31.3 cm³/mol. The van der Waals surface area contributed by atoms with Gasteiger partial charge in [0.15, 0.2) is 0 Å². The minimum atomic E-state index is 0. The predicted octanol–water partition coefficient (Wildman–Crippen LogP) is 1.60. The highest BCUT2D eigenvalue weighted by Crippen LogP contribution is 2.12. The molecule has 1 nitrogen and oxygen atoms in total. The summed E-state index contributed by atoms with van der Waals surface area (Å²) in [6.45, 7) is 0. The molecule has 0 bridgehead atoms. The van der Waals surface area contributed by atoms with E-state index in [0.717, 1.165) is 25.7 Å². The number of hydrogen-bond donors (Lipinski definition) is 0.